The summed E-state index contributed by atoms with van der Waals surface area (Å²) >= 11 is 0. The Morgan fingerprint density at radius 1 is 1.00 bits per heavy atom. The number of nitrogens with zero attached hydrogens (tertiary/aromatic N) is 3. The van der Waals surface area contributed by atoms with Gasteiger partial charge in [0.1, 0.15) is 0 Å². The van der Waals surface area contributed by atoms with Gasteiger partial charge in [0.25, 0.3) is 0 Å². The van der Waals surface area contributed by atoms with Crippen molar-refractivity contribution in [1.82, 2.24) is 14.5 Å². The standard InChI is InChI=1S/C24H21N5/c1-17-8-2-3-9-18(17)15-29-16-19(20-10-4-7-13-23(20)29)14-25-28-24-26-21-11-5-6-12-22(21)27-24/h2-14,16H,15H2,1H3,(H2,26,27,28)/b25-14+. The first-order valence-electron chi connectivity index (χ1n) is 9.64. The fourth-order valence-corrected chi connectivity index (χ4v) is 3.65. The summed E-state index contributed by atoms with van der Waals surface area (Å²) in [7, 11) is 0. The van der Waals surface area contributed by atoms with Crippen molar-refractivity contribution in [3.63, 3.8) is 0 Å². The van der Waals surface area contributed by atoms with E-state index in [2.05, 4.69) is 86.7 Å². The Balaban J connectivity index is 1.44. The molecule has 0 aliphatic heterocycles. The molecule has 0 aliphatic rings. The largest absolute Gasteiger partial charge is 0.342 e. The zero-order valence-corrected chi connectivity index (χ0v) is 16.1. The van der Waals surface area contributed by atoms with Gasteiger partial charge in [0.2, 0.25) is 5.95 Å². The van der Waals surface area contributed by atoms with E-state index >= 15 is 0 Å². The minimum Gasteiger partial charge on any atom is -0.342 e. The van der Waals surface area contributed by atoms with Gasteiger partial charge >= 0.3 is 0 Å². The average molecular weight is 379 g/mol. The monoisotopic (exact) mass is 379 g/mol. The third-order valence-electron chi connectivity index (χ3n) is 5.18. The van der Waals surface area contributed by atoms with Crippen molar-refractivity contribution in [2.24, 2.45) is 5.10 Å². The van der Waals surface area contributed by atoms with Gasteiger partial charge in [-0.15, -0.1) is 0 Å². The summed E-state index contributed by atoms with van der Waals surface area (Å²) in [5.41, 5.74) is 9.79. The van der Waals surface area contributed by atoms with E-state index in [4.69, 9.17) is 0 Å². The number of rotatable bonds is 5. The highest BCUT2D eigenvalue weighted by Gasteiger charge is 2.08. The number of aryl methyl sites for hydroxylation is 1. The SMILES string of the molecule is Cc1ccccc1Cn1cc(/C=N/Nc2nc3ccccc3[nH]2)c2ccccc21. The van der Waals surface area contributed by atoms with Crippen LogP contribution in [0.4, 0.5) is 5.95 Å². The molecule has 0 aliphatic carbocycles. The fourth-order valence-electron chi connectivity index (χ4n) is 3.65. The normalized spacial score (nSPS) is 11.6. The number of aromatic nitrogens is 3. The van der Waals surface area contributed by atoms with Crippen LogP contribution in [0.25, 0.3) is 21.9 Å². The van der Waals surface area contributed by atoms with Crippen LogP contribution in [-0.2, 0) is 6.54 Å². The smallest absolute Gasteiger partial charge is 0.222 e. The second kappa shape index (κ2) is 7.28. The molecule has 5 heteroatoms. The van der Waals surface area contributed by atoms with Gasteiger partial charge in [-0.3, -0.25) is 0 Å². The Labute approximate surface area is 168 Å². The Morgan fingerprint density at radius 3 is 2.69 bits per heavy atom. The summed E-state index contributed by atoms with van der Waals surface area (Å²) in [6.07, 6.45) is 4.00. The van der Waals surface area contributed by atoms with Crippen LogP contribution < -0.4 is 5.43 Å². The van der Waals surface area contributed by atoms with Crippen LogP contribution in [0, 0.1) is 6.92 Å². The number of fused-ring (bicyclic) bond motifs is 2. The van der Waals surface area contributed by atoms with Gasteiger partial charge in [0, 0.05) is 29.2 Å². The van der Waals surface area contributed by atoms with E-state index in [1.165, 1.54) is 22.0 Å². The molecule has 0 spiro atoms. The van der Waals surface area contributed by atoms with Crippen LogP contribution in [0.2, 0.25) is 0 Å². The average Bonchev–Trinajstić information content (AvgIpc) is 3.31. The van der Waals surface area contributed by atoms with Crippen molar-refractivity contribution in [3.05, 3.63) is 95.7 Å². The van der Waals surface area contributed by atoms with Gasteiger partial charge < -0.3 is 9.55 Å². The number of hydrazone groups is 1. The molecule has 0 fully saturated rings. The quantitative estimate of drug-likeness (QED) is 0.321. The van der Waals surface area contributed by atoms with Crippen LogP contribution in [0.5, 0.6) is 0 Å². The van der Waals surface area contributed by atoms with Gasteiger partial charge in [-0.05, 0) is 36.2 Å². The molecule has 142 valence electrons. The van der Waals surface area contributed by atoms with Gasteiger partial charge in [0.15, 0.2) is 0 Å². The van der Waals surface area contributed by atoms with Crippen LogP contribution in [0.3, 0.4) is 0 Å². The third kappa shape index (κ3) is 3.38. The lowest BCUT2D eigenvalue weighted by Gasteiger charge is -2.08. The summed E-state index contributed by atoms with van der Waals surface area (Å²) in [6, 6.07) is 24.8. The van der Waals surface area contributed by atoms with Crippen molar-refractivity contribution < 1.29 is 0 Å². The fraction of sp³-hybridized carbons (Fsp3) is 0.0833. The maximum absolute atomic E-state index is 4.49. The summed E-state index contributed by atoms with van der Waals surface area (Å²) in [5.74, 6) is 0.631. The Morgan fingerprint density at radius 2 is 1.79 bits per heavy atom. The molecule has 2 aromatic heterocycles. The Hall–Kier alpha value is -3.86. The van der Waals surface area contributed by atoms with Gasteiger partial charge in [-0.25, -0.2) is 10.4 Å². The van der Waals surface area contributed by atoms with E-state index in [1.807, 2.05) is 30.5 Å². The molecule has 2 heterocycles. The van der Waals surface area contributed by atoms with Crippen LogP contribution in [-0.4, -0.2) is 20.7 Å². The minimum absolute atomic E-state index is 0.631. The van der Waals surface area contributed by atoms with Crippen molar-refractivity contribution in [2.45, 2.75) is 13.5 Å². The van der Waals surface area contributed by atoms with Crippen LogP contribution in [0.15, 0.2) is 84.1 Å². The van der Waals surface area contributed by atoms with Crippen LogP contribution >= 0.6 is 0 Å². The zero-order valence-electron chi connectivity index (χ0n) is 16.1. The van der Waals surface area contributed by atoms with E-state index in [1.54, 1.807) is 0 Å². The lowest BCUT2D eigenvalue weighted by atomic mass is 10.1. The number of aromatic amines is 1. The predicted molar refractivity (Wildman–Crippen MR) is 120 cm³/mol. The summed E-state index contributed by atoms with van der Waals surface area (Å²) < 4.78 is 2.28. The maximum Gasteiger partial charge on any atom is 0.222 e. The van der Waals surface area contributed by atoms with Crippen molar-refractivity contribution in [1.29, 1.82) is 0 Å². The van der Waals surface area contributed by atoms with E-state index in [0.717, 1.165) is 23.1 Å². The molecule has 5 nitrogen and oxygen atoms in total. The molecular weight excluding hydrogens is 358 g/mol. The lowest BCUT2D eigenvalue weighted by molar-refractivity contribution is 0.830. The molecule has 29 heavy (non-hydrogen) atoms. The second-order valence-corrected chi connectivity index (χ2v) is 7.13. The van der Waals surface area contributed by atoms with Crippen LogP contribution in [0.1, 0.15) is 16.7 Å². The molecule has 3 aromatic carbocycles. The number of hydrogen-bond donors (Lipinski definition) is 2. The van der Waals surface area contributed by atoms with Crippen molar-refractivity contribution >= 4 is 34.1 Å². The Bertz CT molecular complexity index is 1290. The van der Waals surface area contributed by atoms with Gasteiger partial charge in [0.05, 0.1) is 17.2 Å². The van der Waals surface area contributed by atoms with E-state index in [-0.39, 0.29) is 0 Å². The molecule has 0 amide bonds. The molecule has 0 saturated heterocycles. The van der Waals surface area contributed by atoms with E-state index in [0.29, 0.717) is 5.95 Å². The topological polar surface area (TPSA) is 58.0 Å². The highest BCUT2D eigenvalue weighted by molar-refractivity contribution is 5.99. The van der Waals surface area contributed by atoms with Gasteiger partial charge in [-0.1, -0.05) is 54.6 Å². The van der Waals surface area contributed by atoms with Crippen molar-refractivity contribution in [3.8, 4) is 0 Å². The first kappa shape index (κ1) is 17.3. The first-order chi connectivity index (χ1) is 14.3. The molecule has 0 radical (unpaired) electrons. The number of hydrogen-bond acceptors (Lipinski definition) is 3. The molecule has 5 aromatic rings. The summed E-state index contributed by atoms with van der Waals surface area (Å²) in [4.78, 5) is 7.71. The van der Waals surface area contributed by atoms with Crippen molar-refractivity contribution in [2.75, 3.05) is 5.43 Å². The molecule has 0 bridgehead atoms. The highest BCUT2D eigenvalue weighted by Crippen LogP contribution is 2.22. The lowest BCUT2D eigenvalue weighted by Crippen LogP contribution is -1.99. The first-order valence-corrected chi connectivity index (χ1v) is 9.64. The van der Waals surface area contributed by atoms with E-state index in [9.17, 15) is 0 Å². The summed E-state index contributed by atoms with van der Waals surface area (Å²) in [5, 5.41) is 5.59. The molecule has 0 atom stereocenters. The number of imidazole rings is 1. The third-order valence-corrected chi connectivity index (χ3v) is 5.18. The highest BCUT2D eigenvalue weighted by atomic mass is 15.3. The maximum atomic E-state index is 4.49. The number of H-pyrrole nitrogens is 1. The van der Waals surface area contributed by atoms with Gasteiger partial charge in [-0.2, -0.15) is 5.10 Å². The molecular formula is C24H21N5. The molecule has 5 rings (SSSR count). The minimum atomic E-state index is 0.631. The second-order valence-electron chi connectivity index (χ2n) is 7.13. The Kier molecular flexibility index (Phi) is 4.33. The number of para-hydroxylation sites is 3. The molecule has 2 N–H and O–H groups in total. The number of anilines is 1. The molecule has 0 saturated carbocycles. The summed E-state index contributed by atoms with van der Waals surface area (Å²) in [6.45, 7) is 2.98. The molecule has 0 unspecified atom stereocenters. The zero-order chi connectivity index (χ0) is 19.6. The number of benzene rings is 3. The number of nitrogens with one attached hydrogen (secondary N) is 2. The van der Waals surface area contributed by atoms with E-state index < -0.39 is 0 Å². The predicted octanol–water partition coefficient (Wildman–Crippen LogP) is 5.32.